The van der Waals surface area contributed by atoms with Crippen molar-refractivity contribution in [2.24, 2.45) is 0 Å². The second kappa shape index (κ2) is 4.41. The van der Waals surface area contributed by atoms with Gasteiger partial charge < -0.3 is 9.47 Å². The van der Waals surface area contributed by atoms with E-state index < -0.39 is 11.9 Å². The van der Waals surface area contributed by atoms with Gasteiger partial charge in [-0.25, -0.2) is 0 Å². The Hall–Kier alpha value is -1.84. The lowest BCUT2D eigenvalue weighted by molar-refractivity contribution is -0.134. The Bertz CT molecular complexity index is 322. The fourth-order valence-corrected chi connectivity index (χ4v) is 0.865. The van der Waals surface area contributed by atoms with Crippen LogP contribution in [0.1, 0.15) is 13.8 Å². The second-order valence-electron chi connectivity index (χ2n) is 2.55. The summed E-state index contributed by atoms with van der Waals surface area (Å²) in [5, 5.41) is 0. The molecule has 1 aromatic rings. The van der Waals surface area contributed by atoms with Crippen LogP contribution >= 0.6 is 0 Å². The van der Waals surface area contributed by atoms with Gasteiger partial charge in [0.2, 0.25) is 0 Å². The minimum Gasteiger partial charge on any atom is -0.423 e. The Balaban J connectivity index is 2.90. The molecule has 1 radical (unpaired) electrons. The molecule has 0 aliphatic carbocycles. The molecule has 0 saturated carbocycles. The van der Waals surface area contributed by atoms with Crippen LogP contribution < -0.4 is 9.47 Å². The molecule has 0 heterocycles. The molecular weight excluding hydrogens is 184 g/mol. The molecule has 0 fully saturated rings. The molecule has 0 atom stereocenters. The zero-order valence-corrected chi connectivity index (χ0v) is 7.87. The molecule has 0 spiro atoms. The first-order valence-electron chi connectivity index (χ1n) is 3.97. The molecule has 0 aliphatic heterocycles. The van der Waals surface area contributed by atoms with Gasteiger partial charge in [0.05, 0.1) is 0 Å². The van der Waals surface area contributed by atoms with Crippen LogP contribution in [0.15, 0.2) is 18.2 Å². The van der Waals surface area contributed by atoms with E-state index in [1.807, 2.05) is 0 Å². The van der Waals surface area contributed by atoms with Crippen LogP contribution in [-0.4, -0.2) is 11.9 Å². The van der Waals surface area contributed by atoms with E-state index in [2.05, 4.69) is 6.07 Å². The summed E-state index contributed by atoms with van der Waals surface area (Å²) in [6, 6.07) is 7.37. The fraction of sp³-hybridized carbons (Fsp3) is 0.200. The van der Waals surface area contributed by atoms with Crippen molar-refractivity contribution in [3.8, 4) is 11.5 Å². The van der Waals surface area contributed by atoms with E-state index in [-0.39, 0.29) is 11.5 Å². The van der Waals surface area contributed by atoms with E-state index >= 15 is 0 Å². The number of hydrogen-bond acceptors (Lipinski definition) is 4. The van der Waals surface area contributed by atoms with Gasteiger partial charge in [-0.2, -0.15) is 0 Å². The number of carbonyl (C=O) groups excluding carboxylic acids is 2. The Kier molecular flexibility index (Phi) is 3.23. The van der Waals surface area contributed by atoms with Gasteiger partial charge in [-0.3, -0.25) is 9.59 Å². The lowest BCUT2D eigenvalue weighted by atomic mass is 10.3. The molecule has 4 heteroatoms. The zero-order chi connectivity index (χ0) is 10.6. The predicted molar refractivity (Wildman–Crippen MR) is 47.9 cm³/mol. The van der Waals surface area contributed by atoms with Crippen LogP contribution in [0.5, 0.6) is 11.5 Å². The van der Waals surface area contributed by atoms with Crippen molar-refractivity contribution in [3.63, 3.8) is 0 Å². The van der Waals surface area contributed by atoms with Crippen molar-refractivity contribution in [3.05, 3.63) is 24.3 Å². The number of para-hydroxylation sites is 1. The van der Waals surface area contributed by atoms with Gasteiger partial charge >= 0.3 is 11.9 Å². The third-order valence-electron chi connectivity index (χ3n) is 1.28. The normalized spacial score (nSPS) is 9.29. The van der Waals surface area contributed by atoms with Crippen molar-refractivity contribution in [1.29, 1.82) is 0 Å². The Morgan fingerprint density at radius 2 is 1.86 bits per heavy atom. The molecule has 0 aliphatic rings. The van der Waals surface area contributed by atoms with Gasteiger partial charge in [-0.1, -0.05) is 12.1 Å². The number of esters is 2. The van der Waals surface area contributed by atoms with E-state index in [0.29, 0.717) is 0 Å². The average Bonchev–Trinajstić information content (AvgIpc) is 2.06. The SMILES string of the molecule is CC(=O)Oc1[c]cccc1OC(C)=O. The fourth-order valence-electron chi connectivity index (χ4n) is 0.865. The minimum absolute atomic E-state index is 0.121. The zero-order valence-electron chi connectivity index (χ0n) is 7.87. The third-order valence-corrected chi connectivity index (χ3v) is 1.28. The summed E-state index contributed by atoms with van der Waals surface area (Å²) in [6.07, 6.45) is 0. The van der Waals surface area contributed by atoms with Gasteiger partial charge in [-0.15, -0.1) is 0 Å². The van der Waals surface area contributed by atoms with E-state index in [4.69, 9.17) is 9.47 Å². The molecule has 0 saturated heterocycles. The molecule has 1 rings (SSSR count). The van der Waals surface area contributed by atoms with Crippen molar-refractivity contribution < 1.29 is 19.1 Å². The summed E-state index contributed by atoms with van der Waals surface area (Å²) in [5.41, 5.74) is 0. The minimum atomic E-state index is -0.485. The molecular formula is C10H9O4. The highest BCUT2D eigenvalue weighted by atomic mass is 16.6. The summed E-state index contributed by atoms with van der Waals surface area (Å²) < 4.78 is 9.57. The van der Waals surface area contributed by atoms with Gasteiger partial charge in [0.1, 0.15) is 0 Å². The molecule has 0 amide bonds. The Labute approximate surface area is 81.4 Å². The topological polar surface area (TPSA) is 52.6 Å². The highest BCUT2D eigenvalue weighted by molar-refractivity contribution is 5.73. The largest absolute Gasteiger partial charge is 0.423 e. The highest BCUT2D eigenvalue weighted by Crippen LogP contribution is 2.25. The van der Waals surface area contributed by atoms with Crippen molar-refractivity contribution >= 4 is 11.9 Å². The molecule has 0 bridgehead atoms. The number of hydrogen-bond donors (Lipinski definition) is 0. The summed E-state index contributed by atoms with van der Waals surface area (Å²) in [4.78, 5) is 21.3. The second-order valence-corrected chi connectivity index (χ2v) is 2.55. The molecule has 4 nitrogen and oxygen atoms in total. The number of carbonyl (C=O) groups is 2. The summed E-state index contributed by atoms with van der Waals surface area (Å²) in [5.74, 6) is -0.649. The van der Waals surface area contributed by atoms with Gasteiger partial charge in [0.25, 0.3) is 0 Å². The van der Waals surface area contributed by atoms with Crippen LogP contribution in [0.4, 0.5) is 0 Å². The average molecular weight is 193 g/mol. The highest BCUT2D eigenvalue weighted by Gasteiger charge is 2.08. The summed E-state index contributed by atoms with van der Waals surface area (Å²) in [6.45, 7) is 2.53. The number of ether oxygens (including phenoxy) is 2. The number of benzene rings is 1. The van der Waals surface area contributed by atoms with Crippen LogP contribution in [-0.2, 0) is 9.59 Å². The third kappa shape index (κ3) is 2.90. The molecule has 0 N–H and O–H groups in total. The van der Waals surface area contributed by atoms with E-state index in [1.54, 1.807) is 12.1 Å². The first-order chi connectivity index (χ1) is 6.59. The quantitative estimate of drug-likeness (QED) is 0.525. The monoisotopic (exact) mass is 193 g/mol. The maximum absolute atomic E-state index is 10.7. The molecule has 1 aromatic carbocycles. The maximum atomic E-state index is 10.7. The van der Waals surface area contributed by atoms with E-state index in [0.717, 1.165) is 0 Å². The van der Waals surface area contributed by atoms with Gasteiger partial charge in [-0.05, 0) is 6.07 Å². The smallest absolute Gasteiger partial charge is 0.308 e. The van der Waals surface area contributed by atoms with Crippen molar-refractivity contribution in [2.75, 3.05) is 0 Å². The maximum Gasteiger partial charge on any atom is 0.308 e. The predicted octanol–water partition coefficient (Wildman–Crippen LogP) is 1.34. The Morgan fingerprint density at radius 3 is 2.43 bits per heavy atom. The first-order valence-corrected chi connectivity index (χ1v) is 3.97. The lowest BCUT2D eigenvalue weighted by Crippen LogP contribution is -2.06. The molecule has 73 valence electrons. The molecule has 0 unspecified atom stereocenters. The van der Waals surface area contributed by atoms with Crippen LogP contribution in [0, 0.1) is 6.07 Å². The van der Waals surface area contributed by atoms with Crippen LogP contribution in [0.2, 0.25) is 0 Å². The van der Waals surface area contributed by atoms with E-state index in [9.17, 15) is 9.59 Å². The number of rotatable bonds is 2. The standard InChI is InChI=1S/C10H9O4/c1-7(11)13-9-5-3-4-6-10(9)14-8(2)12/h3-5H,1-2H3. The lowest BCUT2D eigenvalue weighted by Gasteiger charge is -2.06. The summed E-state index contributed by atoms with van der Waals surface area (Å²) in [7, 11) is 0. The van der Waals surface area contributed by atoms with Gasteiger partial charge in [0, 0.05) is 19.9 Å². The first kappa shape index (κ1) is 10.2. The van der Waals surface area contributed by atoms with Crippen molar-refractivity contribution in [2.45, 2.75) is 13.8 Å². The molecule has 14 heavy (non-hydrogen) atoms. The van der Waals surface area contributed by atoms with E-state index in [1.165, 1.54) is 19.9 Å². The van der Waals surface area contributed by atoms with Crippen molar-refractivity contribution in [1.82, 2.24) is 0 Å². The van der Waals surface area contributed by atoms with Gasteiger partial charge in [0.15, 0.2) is 11.5 Å². The summed E-state index contributed by atoms with van der Waals surface area (Å²) >= 11 is 0. The van der Waals surface area contributed by atoms with Crippen LogP contribution in [0.25, 0.3) is 0 Å². The molecule has 0 aromatic heterocycles. The van der Waals surface area contributed by atoms with Crippen LogP contribution in [0.3, 0.4) is 0 Å². The Morgan fingerprint density at radius 1 is 1.21 bits per heavy atom.